The Morgan fingerprint density at radius 1 is 1.33 bits per heavy atom. The van der Waals surface area contributed by atoms with Crippen molar-refractivity contribution in [2.75, 3.05) is 19.8 Å². The van der Waals surface area contributed by atoms with Crippen LogP contribution in [-0.2, 0) is 19.1 Å². The largest absolute Gasteiger partial charge is 0.477 e. The second kappa shape index (κ2) is 10.9. The summed E-state index contributed by atoms with van der Waals surface area (Å²) in [6.45, 7) is 0.843. The number of ether oxygens (including phenoxy) is 2. The van der Waals surface area contributed by atoms with Crippen LogP contribution in [0, 0.1) is 0 Å². The third-order valence-electron chi connectivity index (χ3n) is 4.37. The first-order valence-electron chi connectivity index (χ1n) is 8.86. The Hall–Kier alpha value is -1.34. The van der Waals surface area contributed by atoms with Crippen molar-refractivity contribution < 1.29 is 44.6 Å². The molecule has 11 heteroatoms. The monoisotopic (exact) mass is 394 g/mol. The number of unbranched alkanes of at least 4 members (excludes halogenated alkanes) is 2. The summed E-state index contributed by atoms with van der Waals surface area (Å²) in [5.41, 5.74) is 5.39. The average molecular weight is 394 g/mol. The smallest absolute Gasteiger partial charge is 0.364 e. The maximum Gasteiger partial charge on any atom is 0.364 e. The van der Waals surface area contributed by atoms with Gasteiger partial charge < -0.3 is 46.1 Å². The topological polar surface area (TPSA) is 192 Å². The first-order valence-corrected chi connectivity index (χ1v) is 8.86. The van der Waals surface area contributed by atoms with E-state index in [1.165, 1.54) is 6.92 Å². The molecule has 11 nitrogen and oxygen atoms in total. The molecule has 0 aromatic rings. The van der Waals surface area contributed by atoms with Gasteiger partial charge in [0.2, 0.25) is 5.91 Å². The number of hydrogen-bond donors (Lipinski definition) is 7. The molecule has 0 unspecified atom stereocenters. The standard InChI is InChI=1S/C16H30N2O9/c1-9(20)18-12-10(21)7-16(15(24)25,26-6-4-2-3-5-17)27-14(12)13(23)11(22)8-19/h10-14,19,21-23H,2-8,17H2,1H3,(H,18,20)(H,24,25)/t10-,11+,12+,13+,14+,16+/m0/s1. The zero-order valence-electron chi connectivity index (χ0n) is 15.3. The van der Waals surface area contributed by atoms with Crippen molar-refractivity contribution in [1.82, 2.24) is 5.32 Å². The maximum absolute atomic E-state index is 11.8. The lowest BCUT2D eigenvalue weighted by Crippen LogP contribution is -2.67. The van der Waals surface area contributed by atoms with Crippen molar-refractivity contribution in [3.8, 4) is 0 Å². The van der Waals surface area contributed by atoms with Gasteiger partial charge in [0.1, 0.15) is 18.3 Å². The number of carbonyl (C=O) groups is 2. The van der Waals surface area contributed by atoms with Gasteiger partial charge in [-0.2, -0.15) is 0 Å². The molecule has 0 aliphatic carbocycles. The number of hydrogen-bond acceptors (Lipinski definition) is 9. The molecule has 1 heterocycles. The van der Waals surface area contributed by atoms with Gasteiger partial charge in [-0.15, -0.1) is 0 Å². The number of carbonyl (C=O) groups excluding carboxylic acids is 1. The van der Waals surface area contributed by atoms with E-state index >= 15 is 0 Å². The SMILES string of the molecule is CC(=O)N[C@H]1[C@H]([C@H](O)[C@H](O)CO)O[C@@](OCCCCCN)(C(=O)O)C[C@@H]1O. The highest BCUT2D eigenvalue weighted by Gasteiger charge is 2.55. The van der Waals surface area contributed by atoms with Crippen molar-refractivity contribution in [1.29, 1.82) is 0 Å². The molecule has 1 amide bonds. The van der Waals surface area contributed by atoms with Crippen LogP contribution in [0.3, 0.4) is 0 Å². The minimum absolute atomic E-state index is 0.00912. The predicted octanol–water partition coefficient (Wildman–Crippen LogP) is -2.72. The highest BCUT2D eigenvalue weighted by molar-refractivity contribution is 5.76. The summed E-state index contributed by atoms with van der Waals surface area (Å²) in [6, 6.07) is -1.20. The summed E-state index contributed by atoms with van der Waals surface area (Å²) < 4.78 is 10.9. The summed E-state index contributed by atoms with van der Waals surface area (Å²) in [7, 11) is 0. The number of nitrogens with one attached hydrogen (secondary N) is 1. The molecule has 158 valence electrons. The molecule has 1 aliphatic rings. The summed E-state index contributed by atoms with van der Waals surface area (Å²) in [5.74, 6) is -4.33. The number of rotatable bonds is 11. The van der Waals surface area contributed by atoms with Crippen molar-refractivity contribution in [2.45, 2.75) is 68.9 Å². The lowest BCUT2D eigenvalue weighted by Gasteiger charge is -2.46. The van der Waals surface area contributed by atoms with Crippen LogP contribution in [0.15, 0.2) is 0 Å². The molecule has 1 fully saturated rings. The fraction of sp³-hybridized carbons (Fsp3) is 0.875. The van der Waals surface area contributed by atoms with E-state index in [4.69, 9.17) is 20.3 Å². The molecule has 0 saturated carbocycles. The van der Waals surface area contributed by atoms with Gasteiger partial charge in [-0.25, -0.2) is 4.79 Å². The van der Waals surface area contributed by atoms with Gasteiger partial charge in [-0.05, 0) is 25.8 Å². The number of carboxylic acids is 1. The lowest BCUT2D eigenvalue weighted by atomic mass is 9.88. The fourth-order valence-corrected chi connectivity index (χ4v) is 2.94. The molecule has 0 spiro atoms. The number of aliphatic hydroxyl groups excluding tert-OH is 4. The minimum atomic E-state index is -2.27. The predicted molar refractivity (Wildman–Crippen MR) is 91.4 cm³/mol. The van der Waals surface area contributed by atoms with Crippen LogP contribution in [0.5, 0.6) is 0 Å². The summed E-state index contributed by atoms with van der Waals surface area (Å²) in [4.78, 5) is 23.2. The lowest BCUT2D eigenvalue weighted by molar-refractivity contribution is -0.311. The van der Waals surface area contributed by atoms with E-state index in [1.54, 1.807) is 0 Å². The van der Waals surface area contributed by atoms with Gasteiger partial charge in [0.15, 0.2) is 0 Å². The molecule has 0 aromatic carbocycles. The molecular weight excluding hydrogens is 364 g/mol. The molecule has 0 radical (unpaired) electrons. The fourth-order valence-electron chi connectivity index (χ4n) is 2.94. The maximum atomic E-state index is 11.8. The van der Waals surface area contributed by atoms with Crippen LogP contribution in [0.4, 0.5) is 0 Å². The Balaban J connectivity index is 3.02. The van der Waals surface area contributed by atoms with E-state index in [9.17, 15) is 30.0 Å². The van der Waals surface area contributed by atoms with Crippen molar-refractivity contribution in [2.24, 2.45) is 5.73 Å². The zero-order valence-corrected chi connectivity index (χ0v) is 15.3. The summed E-state index contributed by atoms with van der Waals surface area (Å²) >= 11 is 0. The van der Waals surface area contributed by atoms with Gasteiger partial charge in [-0.1, -0.05) is 0 Å². The van der Waals surface area contributed by atoms with E-state index in [-0.39, 0.29) is 6.61 Å². The number of aliphatic hydroxyl groups is 4. The minimum Gasteiger partial charge on any atom is -0.477 e. The number of carboxylic acid groups (broad SMARTS) is 1. The quantitative estimate of drug-likeness (QED) is 0.181. The molecule has 0 aromatic heterocycles. The Labute approximate surface area is 157 Å². The van der Waals surface area contributed by atoms with Crippen molar-refractivity contribution in [3.05, 3.63) is 0 Å². The average Bonchev–Trinajstić information content (AvgIpc) is 2.61. The first kappa shape index (κ1) is 23.7. The number of nitrogens with two attached hydrogens (primary N) is 1. The molecule has 6 atom stereocenters. The van der Waals surface area contributed by atoms with Crippen molar-refractivity contribution in [3.63, 3.8) is 0 Å². The van der Waals surface area contributed by atoms with Gasteiger partial charge in [0.25, 0.3) is 5.79 Å². The Morgan fingerprint density at radius 2 is 2.00 bits per heavy atom. The van der Waals surface area contributed by atoms with E-state index in [2.05, 4.69) is 5.32 Å². The normalized spacial score (nSPS) is 30.5. The van der Waals surface area contributed by atoms with Crippen LogP contribution in [0.25, 0.3) is 0 Å². The zero-order chi connectivity index (χ0) is 20.6. The highest BCUT2D eigenvalue weighted by Crippen LogP contribution is 2.33. The summed E-state index contributed by atoms with van der Waals surface area (Å²) in [6.07, 6.45) is -4.96. The van der Waals surface area contributed by atoms with Gasteiger partial charge in [0.05, 0.1) is 25.4 Å². The van der Waals surface area contributed by atoms with Crippen LogP contribution in [0.1, 0.15) is 32.6 Å². The molecule has 1 aliphatic heterocycles. The van der Waals surface area contributed by atoms with E-state index < -0.39 is 61.1 Å². The van der Waals surface area contributed by atoms with Crippen molar-refractivity contribution >= 4 is 11.9 Å². The Kier molecular flexibility index (Phi) is 9.53. The third kappa shape index (κ3) is 6.35. The molecule has 1 saturated heterocycles. The summed E-state index contributed by atoms with van der Waals surface area (Å²) in [5, 5.41) is 51.4. The van der Waals surface area contributed by atoms with Gasteiger partial charge in [-0.3, -0.25) is 4.79 Å². The molecule has 0 bridgehead atoms. The van der Waals surface area contributed by atoms with Gasteiger partial charge >= 0.3 is 5.97 Å². The highest BCUT2D eigenvalue weighted by atomic mass is 16.7. The first-order chi connectivity index (χ1) is 12.7. The Bertz CT molecular complexity index is 493. The Morgan fingerprint density at radius 3 is 2.52 bits per heavy atom. The molecule has 1 rings (SSSR count). The van der Waals surface area contributed by atoms with E-state index in [0.29, 0.717) is 19.4 Å². The van der Waals surface area contributed by atoms with Crippen LogP contribution < -0.4 is 11.1 Å². The van der Waals surface area contributed by atoms with Crippen LogP contribution in [-0.4, -0.2) is 93.4 Å². The second-order valence-electron chi connectivity index (χ2n) is 6.58. The third-order valence-corrected chi connectivity index (χ3v) is 4.37. The molecule has 8 N–H and O–H groups in total. The van der Waals surface area contributed by atoms with Crippen LogP contribution in [0.2, 0.25) is 0 Å². The van der Waals surface area contributed by atoms with Crippen LogP contribution >= 0.6 is 0 Å². The second-order valence-corrected chi connectivity index (χ2v) is 6.58. The van der Waals surface area contributed by atoms with Gasteiger partial charge in [0, 0.05) is 13.3 Å². The number of aliphatic carboxylic acids is 1. The van der Waals surface area contributed by atoms with E-state index in [1.807, 2.05) is 0 Å². The number of amides is 1. The van der Waals surface area contributed by atoms with E-state index in [0.717, 1.165) is 6.42 Å². The molecule has 27 heavy (non-hydrogen) atoms. The molecular formula is C16H30N2O9.